The van der Waals surface area contributed by atoms with E-state index in [4.69, 9.17) is 5.73 Å². The van der Waals surface area contributed by atoms with Crippen molar-refractivity contribution in [1.29, 1.82) is 0 Å². The van der Waals surface area contributed by atoms with Crippen LogP contribution in [-0.2, 0) is 0 Å². The van der Waals surface area contributed by atoms with Crippen LogP contribution in [-0.4, -0.2) is 30.1 Å². The third-order valence-electron chi connectivity index (χ3n) is 4.01. The standard InChI is InChI=1S/C13H28N2/c1-11(2)9-13(3,10-14)15(4)12-7-5-6-8-12/h11-12H,5-10,14H2,1-4H3. The van der Waals surface area contributed by atoms with E-state index in [1.165, 1.54) is 32.1 Å². The molecule has 90 valence electrons. The van der Waals surface area contributed by atoms with E-state index in [-0.39, 0.29) is 5.54 Å². The number of likely N-dealkylation sites (N-methyl/N-ethyl adjacent to an activating group) is 1. The molecule has 1 saturated carbocycles. The van der Waals surface area contributed by atoms with E-state index >= 15 is 0 Å². The van der Waals surface area contributed by atoms with Crippen molar-refractivity contribution in [3.05, 3.63) is 0 Å². The van der Waals surface area contributed by atoms with Gasteiger partial charge in [0.2, 0.25) is 0 Å². The molecule has 0 heterocycles. The lowest BCUT2D eigenvalue weighted by Crippen LogP contribution is -2.54. The van der Waals surface area contributed by atoms with Gasteiger partial charge in [0, 0.05) is 18.1 Å². The van der Waals surface area contributed by atoms with Crippen LogP contribution >= 0.6 is 0 Å². The highest BCUT2D eigenvalue weighted by Crippen LogP contribution is 2.30. The van der Waals surface area contributed by atoms with Gasteiger partial charge in [0.15, 0.2) is 0 Å². The third kappa shape index (κ3) is 3.18. The molecular weight excluding hydrogens is 184 g/mol. The Morgan fingerprint density at radius 3 is 2.27 bits per heavy atom. The van der Waals surface area contributed by atoms with Gasteiger partial charge in [-0.2, -0.15) is 0 Å². The molecule has 0 aromatic carbocycles. The Bertz CT molecular complexity index is 185. The Kier molecular flexibility index (Phi) is 4.60. The van der Waals surface area contributed by atoms with Gasteiger partial charge in [-0.05, 0) is 39.2 Å². The van der Waals surface area contributed by atoms with E-state index in [1.54, 1.807) is 0 Å². The van der Waals surface area contributed by atoms with Gasteiger partial charge in [0.25, 0.3) is 0 Å². The molecule has 2 heteroatoms. The van der Waals surface area contributed by atoms with Crippen molar-refractivity contribution in [1.82, 2.24) is 4.90 Å². The predicted molar refractivity (Wildman–Crippen MR) is 66.9 cm³/mol. The van der Waals surface area contributed by atoms with Crippen molar-refractivity contribution < 1.29 is 0 Å². The van der Waals surface area contributed by atoms with Crippen LogP contribution in [0.25, 0.3) is 0 Å². The minimum Gasteiger partial charge on any atom is -0.329 e. The van der Waals surface area contributed by atoms with Crippen molar-refractivity contribution in [2.75, 3.05) is 13.6 Å². The first-order valence-electron chi connectivity index (χ1n) is 6.42. The summed E-state index contributed by atoms with van der Waals surface area (Å²) in [5, 5.41) is 0. The largest absolute Gasteiger partial charge is 0.329 e. The Balaban J connectivity index is 2.62. The van der Waals surface area contributed by atoms with Crippen LogP contribution < -0.4 is 5.73 Å². The molecule has 15 heavy (non-hydrogen) atoms. The van der Waals surface area contributed by atoms with E-state index in [1.807, 2.05) is 0 Å². The molecule has 0 amide bonds. The zero-order valence-corrected chi connectivity index (χ0v) is 10.9. The second kappa shape index (κ2) is 5.31. The van der Waals surface area contributed by atoms with Crippen molar-refractivity contribution in [2.24, 2.45) is 11.7 Å². The average Bonchev–Trinajstić information content (AvgIpc) is 2.68. The van der Waals surface area contributed by atoms with Gasteiger partial charge < -0.3 is 5.73 Å². The van der Waals surface area contributed by atoms with Gasteiger partial charge >= 0.3 is 0 Å². The molecule has 0 bridgehead atoms. The van der Waals surface area contributed by atoms with Gasteiger partial charge in [0.1, 0.15) is 0 Å². The van der Waals surface area contributed by atoms with Crippen LogP contribution in [0, 0.1) is 5.92 Å². The molecule has 2 nitrogen and oxygen atoms in total. The first-order valence-corrected chi connectivity index (χ1v) is 6.42. The quantitative estimate of drug-likeness (QED) is 0.759. The lowest BCUT2D eigenvalue weighted by atomic mass is 9.88. The number of hydrogen-bond donors (Lipinski definition) is 1. The molecule has 0 aliphatic heterocycles. The fourth-order valence-electron chi connectivity index (χ4n) is 2.98. The van der Waals surface area contributed by atoms with E-state index in [0.29, 0.717) is 0 Å². The van der Waals surface area contributed by atoms with Gasteiger partial charge in [-0.15, -0.1) is 0 Å². The predicted octanol–water partition coefficient (Wildman–Crippen LogP) is 2.62. The Morgan fingerprint density at radius 2 is 1.87 bits per heavy atom. The monoisotopic (exact) mass is 212 g/mol. The van der Waals surface area contributed by atoms with Gasteiger partial charge in [-0.1, -0.05) is 26.7 Å². The molecule has 1 fully saturated rings. The second-order valence-electron chi connectivity index (χ2n) is 5.85. The minimum absolute atomic E-state index is 0.198. The molecule has 0 aromatic rings. The summed E-state index contributed by atoms with van der Waals surface area (Å²) in [5.41, 5.74) is 6.18. The highest BCUT2D eigenvalue weighted by atomic mass is 15.2. The van der Waals surface area contributed by atoms with E-state index in [2.05, 4.69) is 32.7 Å². The molecule has 1 atom stereocenters. The lowest BCUT2D eigenvalue weighted by molar-refractivity contribution is 0.0753. The van der Waals surface area contributed by atoms with Crippen molar-refractivity contribution in [3.63, 3.8) is 0 Å². The van der Waals surface area contributed by atoms with Crippen LogP contribution in [0.5, 0.6) is 0 Å². The molecule has 0 spiro atoms. The van der Waals surface area contributed by atoms with Crippen LogP contribution in [0.4, 0.5) is 0 Å². The van der Waals surface area contributed by atoms with Gasteiger partial charge in [0.05, 0.1) is 0 Å². The summed E-state index contributed by atoms with van der Waals surface area (Å²) in [7, 11) is 2.27. The summed E-state index contributed by atoms with van der Waals surface area (Å²) in [4.78, 5) is 2.56. The van der Waals surface area contributed by atoms with Crippen molar-refractivity contribution in [2.45, 2.75) is 64.5 Å². The maximum atomic E-state index is 5.98. The molecule has 2 N–H and O–H groups in total. The van der Waals surface area contributed by atoms with E-state index in [0.717, 1.165) is 18.5 Å². The van der Waals surface area contributed by atoms with E-state index < -0.39 is 0 Å². The summed E-state index contributed by atoms with van der Waals surface area (Å²) in [6.07, 6.45) is 6.74. The van der Waals surface area contributed by atoms with Crippen LogP contribution in [0.15, 0.2) is 0 Å². The van der Waals surface area contributed by atoms with Crippen molar-refractivity contribution in [3.8, 4) is 0 Å². The minimum atomic E-state index is 0.198. The first kappa shape index (κ1) is 13.0. The van der Waals surface area contributed by atoms with Crippen LogP contribution in [0.3, 0.4) is 0 Å². The third-order valence-corrected chi connectivity index (χ3v) is 4.01. The fraction of sp³-hybridized carbons (Fsp3) is 1.00. The summed E-state index contributed by atoms with van der Waals surface area (Å²) in [5.74, 6) is 0.724. The topological polar surface area (TPSA) is 29.3 Å². The number of rotatable bonds is 5. The van der Waals surface area contributed by atoms with Crippen LogP contribution in [0.1, 0.15) is 52.9 Å². The molecule has 1 aliphatic carbocycles. The van der Waals surface area contributed by atoms with E-state index in [9.17, 15) is 0 Å². The smallest absolute Gasteiger partial charge is 0.0305 e. The van der Waals surface area contributed by atoms with Crippen LogP contribution in [0.2, 0.25) is 0 Å². The highest BCUT2D eigenvalue weighted by molar-refractivity contribution is 4.91. The Hall–Kier alpha value is -0.0800. The zero-order valence-electron chi connectivity index (χ0n) is 10.9. The summed E-state index contributed by atoms with van der Waals surface area (Å²) < 4.78 is 0. The highest BCUT2D eigenvalue weighted by Gasteiger charge is 2.34. The first-order chi connectivity index (χ1) is 6.99. The zero-order chi connectivity index (χ0) is 11.5. The van der Waals surface area contributed by atoms with Crippen molar-refractivity contribution >= 4 is 0 Å². The van der Waals surface area contributed by atoms with Gasteiger partial charge in [-0.3, -0.25) is 4.90 Å². The van der Waals surface area contributed by atoms with Gasteiger partial charge in [-0.25, -0.2) is 0 Å². The number of nitrogens with zero attached hydrogens (tertiary/aromatic N) is 1. The summed E-state index contributed by atoms with van der Waals surface area (Å²) in [6.45, 7) is 7.68. The average molecular weight is 212 g/mol. The summed E-state index contributed by atoms with van der Waals surface area (Å²) >= 11 is 0. The fourth-order valence-corrected chi connectivity index (χ4v) is 2.98. The molecule has 0 aromatic heterocycles. The molecule has 0 radical (unpaired) electrons. The summed E-state index contributed by atoms with van der Waals surface area (Å²) in [6, 6.07) is 0.775. The Morgan fingerprint density at radius 1 is 1.33 bits per heavy atom. The molecule has 1 aliphatic rings. The maximum absolute atomic E-state index is 5.98. The SMILES string of the molecule is CC(C)CC(C)(CN)N(C)C1CCCC1. The number of nitrogens with two attached hydrogens (primary N) is 1. The Labute approximate surface area is 95.2 Å². The molecular formula is C13H28N2. The lowest BCUT2D eigenvalue weighted by Gasteiger charge is -2.43. The maximum Gasteiger partial charge on any atom is 0.0305 e. The molecule has 0 saturated heterocycles. The molecule has 1 rings (SSSR count). The normalized spacial score (nSPS) is 22.6. The molecule has 1 unspecified atom stereocenters. The second-order valence-corrected chi connectivity index (χ2v) is 5.85. The number of hydrogen-bond acceptors (Lipinski definition) is 2.